The molecule has 2 aliphatic carbocycles. The molecular formula is C13H25N3O. The van der Waals surface area contributed by atoms with Crippen molar-refractivity contribution in [1.82, 2.24) is 5.32 Å². The zero-order valence-corrected chi connectivity index (χ0v) is 11.3. The van der Waals surface area contributed by atoms with E-state index in [0.717, 1.165) is 5.92 Å². The van der Waals surface area contributed by atoms with Crippen LogP contribution in [-0.4, -0.2) is 23.1 Å². The van der Waals surface area contributed by atoms with Gasteiger partial charge in [0.2, 0.25) is 0 Å². The first-order valence-electron chi connectivity index (χ1n) is 6.55. The molecule has 2 aliphatic rings. The van der Waals surface area contributed by atoms with Gasteiger partial charge in [-0.15, -0.1) is 0 Å². The molecule has 0 aromatic carbocycles. The number of fused-ring (bicyclic) bond motifs is 2. The van der Waals surface area contributed by atoms with Crippen LogP contribution in [0.15, 0.2) is 5.16 Å². The summed E-state index contributed by atoms with van der Waals surface area (Å²) in [4.78, 5) is 0. The lowest BCUT2D eigenvalue weighted by Gasteiger charge is -2.44. The number of nitrogens with zero attached hydrogens (tertiary/aromatic N) is 1. The van der Waals surface area contributed by atoms with E-state index in [0.29, 0.717) is 16.9 Å². The van der Waals surface area contributed by atoms with Gasteiger partial charge in [-0.25, -0.2) is 0 Å². The van der Waals surface area contributed by atoms with Crippen LogP contribution >= 0.6 is 0 Å². The molecule has 17 heavy (non-hydrogen) atoms. The van der Waals surface area contributed by atoms with E-state index in [-0.39, 0.29) is 11.9 Å². The Balaban J connectivity index is 2.15. The molecule has 0 saturated heterocycles. The van der Waals surface area contributed by atoms with Crippen molar-refractivity contribution in [2.24, 2.45) is 27.6 Å². The van der Waals surface area contributed by atoms with Crippen molar-refractivity contribution in [2.75, 3.05) is 0 Å². The van der Waals surface area contributed by atoms with Crippen LogP contribution in [0, 0.1) is 16.7 Å². The molecule has 4 nitrogen and oxygen atoms in total. The smallest absolute Gasteiger partial charge is 0.156 e. The highest BCUT2D eigenvalue weighted by Gasteiger charge is 2.59. The maximum atomic E-state index is 8.73. The Bertz CT molecular complexity index is 335. The number of nitrogens with one attached hydrogen (secondary N) is 1. The predicted molar refractivity (Wildman–Crippen MR) is 69.0 cm³/mol. The fourth-order valence-corrected chi connectivity index (χ4v) is 4.14. The zero-order chi connectivity index (χ0) is 12.8. The van der Waals surface area contributed by atoms with Crippen LogP contribution in [0.2, 0.25) is 0 Å². The van der Waals surface area contributed by atoms with Crippen LogP contribution in [0.1, 0.15) is 47.0 Å². The van der Waals surface area contributed by atoms with E-state index in [1.807, 2.05) is 6.92 Å². The first kappa shape index (κ1) is 12.7. The molecule has 2 bridgehead atoms. The fraction of sp³-hybridized carbons (Fsp3) is 0.923. The molecule has 0 spiro atoms. The normalized spacial score (nSPS) is 41.8. The molecule has 4 N–H and O–H groups in total. The molecule has 2 rings (SSSR count). The molecule has 4 atom stereocenters. The third kappa shape index (κ3) is 1.82. The van der Waals surface area contributed by atoms with Crippen molar-refractivity contribution in [1.29, 1.82) is 0 Å². The predicted octanol–water partition coefficient (Wildman–Crippen LogP) is 1.93. The lowest BCUT2D eigenvalue weighted by Crippen LogP contribution is -2.55. The van der Waals surface area contributed by atoms with E-state index in [9.17, 15) is 0 Å². The lowest BCUT2D eigenvalue weighted by molar-refractivity contribution is 0.106. The number of oxime groups is 1. The minimum absolute atomic E-state index is 0.0690. The second-order valence-corrected chi connectivity index (χ2v) is 6.76. The highest BCUT2D eigenvalue weighted by atomic mass is 16.4. The molecule has 2 saturated carbocycles. The summed E-state index contributed by atoms with van der Waals surface area (Å²) in [6, 6.07) is 0.379. The van der Waals surface area contributed by atoms with E-state index in [2.05, 4.69) is 31.2 Å². The maximum Gasteiger partial charge on any atom is 0.156 e. The Hall–Kier alpha value is -0.770. The topological polar surface area (TPSA) is 70.6 Å². The summed E-state index contributed by atoms with van der Waals surface area (Å²) in [5, 5.41) is 15.4. The van der Waals surface area contributed by atoms with Gasteiger partial charge in [-0.2, -0.15) is 0 Å². The summed E-state index contributed by atoms with van der Waals surface area (Å²) < 4.78 is 0. The summed E-state index contributed by atoms with van der Waals surface area (Å²) in [5.41, 5.74) is 6.34. The van der Waals surface area contributed by atoms with Crippen molar-refractivity contribution in [3.63, 3.8) is 0 Å². The minimum Gasteiger partial charge on any atom is -0.409 e. The van der Waals surface area contributed by atoms with Crippen molar-refractivity contribution in [3.8, 4) is 0 Å². The molecule has 0 aliphatic heterocycles. The van der Waals surface area contributed by atoms with Gasteiger partial charge >= 0.3 is 0 Å². The first-order valence-corrected chi connectivity index (χ1v) is 6.55. The van der Waals surface area contributed by atoms with E-state index in [4.69, 9.17) is 10.9 Å². The van der Waals surface area contributed by atoms with Gasteiger partial charge in [0.15, 0.2) is 5.84 Å². The second-order valence-electron chi connectivity index (χ2n) is 6.76. The summed E-state index contributed by atoms with van der Waals surface area (Å²) in [6.45, 7) is 9.02. The average molecular weight is 239 g/mol. The third-order valence-electron chi connectivity index (χ3n) is 5.25. The number of rotatable bonds is 3. The molecule has 0 aromatic heterocycles. The van der Waals surface area contributed by atoms with E-state index < -0.39 is 0 Å². The molecule has 2 fully saturated rings. The average Bonchev–Trinajstić information content (AvgIpc) is 2.74. The highest BCUT2D eigenvalue weighted by Crippen LogP contribution is 2.62. The minimum atomic E-state index is -0.0690. The first-order chi connectivity index (χ1) is 7.81. The largest absolute Gasteiger partial charge is 0.409 e. The van der Waals surface area contributed by atoms with Gasteiger partial charge < -0.3 is 16.3 Å². The number of hydrogen-bond acceptors (Lipinski definition) is 3. The number of hydrogen-bond donors (Lipinski definition) is 3. The third-order valence-corrected chi connectivity index (χ3v) is 5.25. The molecular weight excluding hydrogens is 214 g/mol. The Kier molecular flexibility index (Phi) is 2.89. The molecule has 0 radical (unpaired) electrons. The van der Waals surface area contributed by atoms with Crippen LogP contribution in [-0.2, 0) is 0 Å². The summed E-state index contributed by atoms with van der Waals surface area (Å²) in [6.07, 6.45) is 3.95. The van der Waals surface area contributed by atoms with Gasteiger partial charge in [-0.1, -0.05) is 25.9 Å². The number of amidine groups is 1. The molecule has 0 amide bonds. The molecule has 4 unspecified atom stereocenters. The van der Waals surface area contributed by atoms with E-state index in [1.54, 1.807) is 0 Å². The standard InChI is InChI=1S/C13H25N3O/c1-8(10(14)16-17)15-11-12(2,3)9-5-6-13(11,4)7-9/h8-9,11,15,17H,5-7H2,1-4H3,(H2,14,16). The number of nitrogens with two attached hydrogens (primary N) is 1. The van der Waals surface area contributed by atoms with Gasteiger partial charge in [0.05, 0.1) is 6.04 Å². The van der Waals surface area contributed by atoms with Crippen LogP contribution in [0.3, 0.4) is 0 Å². The molecule has 4 heteroatoms. The SMILES string of the molecule is CC(NC1C2(C)CCC(C2)C1(C)C)C(N)=NO. The van der Waals surface area contributed by atoms with Gasteiger partial charge in [-0.05, 0) is 42.9 Å². The maximum absolute atomic E-state index is 8.73. The molecule has 0 heterocycles. The monoisotopic (exact) mass is 239 g/mol. The van der Waals surface area contributed by atoms with Crippen LogP contribution in [0.25, 0.3) is 0 Å². The Morgan fingerprint density at radius 2 is 2.12 bits per heavy atom. The van der Waals surface area contributed by atoms with E-state index >= 15 is 0 Å². The molecule has 98 valence electrons. The summed E-state index contributed by atoms with van der Waals surface area (Å²) in [7, 11) is 0. The Morgan fingerprint density at radius 3 is 2.59 bits per heavy atom. The van der Waals surface area contributed by atoms with Crippen molar-refractivity contribution < 1.29 is 5.21 Å². The second kappa shape index (κ2) is 3.87. The Labute approximate surface area is 104 Å². The van der Waals surface area contributed by atoms with E-state index in [1.165, 1.54) is 19.3 Å². The van der Waals surface area contributed by atoms with Gasteiger partial charge in [-0.3, -0.25) is 0 Å². The molecule has 0 aromatic rings. The summed E-state index contributed by atoms with van der Waals surface area (Å²) in [5.74, 6) is 1.08. The Morgan fingerprint density at radius 1 is 1.47 bits per heavy atom. The summed E-state index contributed by atoms with van der Waals surface area (Å²) >= 11 is 0. The van der Waals surface area contributed by atoms with Crippen LogP contribution in [0.4, 0.5) is 0 Å². The van der Waals surface area contributed by atoms with Crippen LogP contribution in [0.5, 0.6) is 0 Å². The quantitative estimate of drug-likeness (QED) is 0.305. The van der Waals surface area contributed by atoms with Crippen molar-refractivity contribution >= 4 is 5.84 Å². The van der Waals surface area contributed by atoms with Gasteiger partial charge in [0.25, 0.3) is 0 Å². The highest BCUT2D eigenvalue weighted by molar-refractivity contribution is 5.84. The van der Waals surface area contributed by atoms with Crippen LogP contribution < -0.4 is 11.1 Å². The van der Waals surface area contributed by atoms with Crippen molar-refractivity contribution in [3.05, 3.63) is 0 Å². The lowest BCUT2D eigenvalue weighted by atomic mass is 9.68. The zero-order valence-electron chi connectivity index (χ0n) is 11.3. The van der Waals surface area contributed by atoms with Gasteiger partial charge in [0, 0.05) is 6.04 Å². The fourth-order valence-electron chi connectivity index (χ4n) is 4.14. The van der Waals surface area contributed by atoms with Gasteiger partial charge in [0.1, 0.15) is 0 Å². The van der Waals surface area contributed by atoms with Crippen molar-refractivity contribution in [2.45, 2.75) is 59.0 Å².